The van der Waals surface area contributed by atoms with Crippen LogP contribution in [0.3, 0.4) is 0 Å². The standard InChI is InChI=1S/C15H24ClN5/c1-5-8-17-14(13-9-11(6-2)19-20(13)4)15-12(16)10-18-21(15)7-3/h9-10,14,17H,5-8H2,1-4H3. The second kappa shape index (κ2) is 7.09. The molecule has 0 bridgehead atoms. The van der Waals surface area contributed by atoms with Crippen LogP contribution in [0.15, 0.2) is 12.3 Å². The molecule has 5 nitrogen and oxygen atoms in total. The third-order valence-corrected chi connectivity index (χ3v) is 3.92. The average molecular weight is 310 g/mol. The van der Waals surface area contributed by atoms with Crippen molar-refractivity contribution in [3.8, 4) is 0 Å². The minimum Gasteiger partial charge on any atom is -0.304 e. The van der Waals surface area contributed by atoms with Crippen LogP contribution in [0, 0.1) is 0 Å². The van der Waals surface area contributed by atoms with Crippen molar-refractivity contribution in [1.29, 1.82) is 0 Å². The van der Waals surface area contributed by atoms with Crippen molar-refractivity contribution in [3.63, 3.8) is 0 Å². The molecule has 1 N–H and O–H groups in total. The Kier molecular flexibility index (Phi) is 5.42. The van der Waals surface area contributed by atoms with Crippen molar-refractivity contribution < 1.29 is 0 Å². The molecule has 0 aromatic carbocycles. The summed E-state index contributed by atoms with van der Waals surface area (Å²) >= 11 is 6.39. The van der Waals surface area contributed by atoms with E-state index in [-0.39, 0.29) is 6.04 Å². The minimum atomic E-state index is 0.0118. The van der Waals surface area contributed by atoms with Crippen LogP contribution in [0.4, 0.5) is 0 Å². The van der Waals surface area contributed by atoms with Crippen LogP contribution < -0.4 is 5.32 Å². The average Bonchev–Trinajstić information content (AvgIpc) is 3.04. The highest BCUT2D eigenvalue weighted by Gasteiger charge is 2.24. The van der Waals surface area contributed by atoms with Crippen molar-refractivity contribution in [2.75, 3.05) is 6.54 Å². The third kappa shape index (κ3) is 3.30. The van der Waals surface area contributed by atoms with E-state index in [4.69, 9.17) is 11.6 Å². The van der Waals surface area contributed by atoms with E-state index in [9.17, 15) is 0 Å². The maximum atomic E-state index is 6.39. The van der Waals surface area contributed by atoms with Gasteiger partial charge in [-0.3, -0.25) is 9.36 Å². The van der Waals surface area contributed by atoms with E-state index < -0.39 is 0 Å². The fourth-order valence-corrected chi connectivity index (χ4v) is 2.78. The molecule has 1 unspecified atom stereocenters. The van der Waals surface area contributed by atoms with E-state index in [0.717, 1.165) is 43.0 Å². The van der Waals surface area contributed by atoms with Crippen molar-refractivity contribution in [3.05, 3.63) is 34.4 Å². The first-order chi connectivity index (χ1) is 10.1. The first-order valence-corrected chi connectivity index (χ1v) is 7.97. The van der Waals surface area contributed by atoms with E-state index in [0.29, 0.717) is 5.02 Å². The van der Waals surface area contributed by atoms with Gasteiger partial charge in [-0.05, 0) is 32.4 Å². The van der Waals surface area contributed by atoms with Gasteiger partial charge in [0.2, 0.25) is 0 Å². The number of rotatable bonds is 7. The number of halogens is 1. The van der Waals surface area contributed by atoms with E-state index in [1.165, 1.54) is 0 Å². The molecule has 2 aromatic heterocycles. The molecule has 0 amide bonds. The molecule has 0 saturated heterocycles. The third-order valence-electron chi connectivity index (χ3n) is 3.63. The zero-order chi connectivity index (χ0) is 15.4. The van der Waals surface area contributed by atoms with E-state index >= 15 is 0 Å². The number of hydrogen-bond donors (Lipinski definition) is 1. The van der Waals surface area contributed by atoms with Crippen LogP contribution in [-0.2, 0) is 20.0 Å². The van der Waals surface area contributed by atoms with Crippen molar-refractivity contribution in [2.24, 2.45) is 7.05 Å². The van der Waals surface area contributed by atoms with Crippen molar-refractivity contribution in [1.82, 2.24) is 24.9 Å². The van der Waals surface area contributed by atoms with Gasteiger partial charge >= 0.3 is 0 Å². The molecular formula is C15H24ClN5. The Morgan fingerprint density at radius 3 is 2.67 bits per heavy atom. The molecule has 2 aromatic rings. The molecule has 0 aliphatic rings. The first-order valence-electron chi connectivity index (χ1n) is 7.59. The summed E-state index contributed by atoms with van der Waals surface area (Å²) in [4.78, 5) is 0. The number of aromatic nitrogens is 4. The number of aryl methyl sites for hydroxylation is 3. The quantitative estimate of drug-likeness (QED) is 0.855. The number of nitrogens with one attached hydrogen (secondary N) is 1. The Morgan fingerprint density at radius 1 is 1.33 bits per heavy atom. The molecule has 0 aliphatic heterocycles. The van der Waals surface area contributed by atoms with Crippen LogP contribution in [0.25, 0.3) is 0 Å². The smallest absolute Gasteiger partial charge is 0.0934 e. The van der Waals surface area contributed by atoms with Gasteiger partial charge in [0, 0.05) is 13.6 Å². The zero-order valence-electron chi connectivity index (χ0n) is 13.2. The van der Waals surface area contributed by atoms with E-state index in [1.54, 1.807) is 6.20 Å². The van der Waals surface area contributed by atoms with E-state index in [1.807, 2.05) is 16.4 Å². The molecule has 6 heteroatoms. The van der Waals surface area contributed by atoms with Gasteiger partial charge in [-0.25, -0.2) is 0 Å². The number of nitrogens with zero attached hydrogens (tertiary/aromatic N) is 4. The molecule has 21 heavy (non-hydrogen) atoms. The first kappa shape index (κ1) is 16.0. The summed E-state index contributed by atoms with van der Waals surface area (Å²) in [6.45, 7) is 8.06. The van der Waals surface area contributed by atoms with Gasteiger partial charge in [-0.2, -0.15) is 10.2 Å². The Labute approximate surface area is 131 Å². The Balaban J connectivity index is 2.46. The molecule has 0 aliphatic carbocycles. The highest BCUT2D eigenvalue weighted by atomic mass is 35.5. The predicted molar refractivity (Wildman–Crippen MR) is 85.6 cm³/mol. The molecular weight excluding hydrogens is 286 g/mol. The summed E-state index contributed by atoms with van der Waals surface area (Å²) in [5.74, 6) is 0. The van der Waals surface area contributed by atoms with Crippen molar-refractivity contribution >= 4 is 11.6 Å². The lowest BCUT2D eigenvalue weighted by atomic mass is 10.1. The fourth-order valence-electron chi connectivity index (χ4n) is 2.53. The van der Waals surface area contributed by atoms with Crippen LogP contribution in [-0.4, -0.2) is 26.1 Å². The summed E-state index contributed by atoms with van der Waals surface area (Å²) in [7, 11) is 1.98. The SMILES string of the molecule is CCCNC(c1cc(CC)nn1C)c1c(Cl)cnn1CC. The number of hydrogen-bond acceptors (Lipinski definition) is 3. The normalized spacial score (nSPS) is 12.8. The zero-order valence-corrected chi connectivity index (χ0v) is 14.0. The molecule has 1 atom stereocenters. The topological polar surface area (TPSA) is 47.7 Å². The van der Waals surface area contributed by atoms with E-state index in [2.05, 4.69) is 42.4 Å². The van der Waals surface area contributed by atoms with Crippen LogP contribution in [0.1, 0.15) is 50.3 Å². The van der Waals surface area contributed by atoms with Gasteiger partial charge in [0.1, 0.15) is 0 Å². The van der Waals surface area contributed by atoms with Crippen LogP contribution in [0.5, 0.6) is 0 Å². The molecule has 116 valence electrons. The van der Waals surface area contributed by atoms with Gasteiger partial charge in [0.25, 0.3) is 0 Å². The van der Waals surface area contributed by atoms with Crippen LogP contribution in [0.2, 0.25) is 5.02 Å². The monoisotopic (exact) mass is 309 g/mol. The van der Waals surface area contributed by atoms with Gasteiger partial charge in [-0.1, -0.05) is 25.4 Å². The Hall–Kier alpha value is -1.33. The summed E-state index contributed by atoms with van der Waals surface area (Å²) in [6.07, 6.45) is 3.71. The molecule has 0 saturated carbocycles. The second-order valence-electron chi connectivity index (χ2n) is 5.12. The Bertz CT molecular complexity index is 587. The molecule has 0 radical (unpaired) electrons. The fraction of sp³-hybridized carbons (Fsp3) is 0.600. The van der Waals surface area contributed by atoms with Gasteiger partial charge < -0.3 is 5.32 Å². The lowest BCUT2D eigenvalue weighted by Crippen LogP contribution is -2.27. The molecule has 0 fully saturated rings. The summed E-state index contributed by atoms with van der Waals surface area (Å²) in [6, 6.07) is 2.16. The summed E-state index contributed by atoms with van der Waals surface area (Å²) in [5.41, 5.74) is 3.23. The summed E-state index contributed by atoms with van der Waals surface area (Å²) in [5, 5.41) is 13.2. The van der Waals surface area contributed by atoms with Gasteiger partial charge in [0.05, 0.1) is 34.3 Å². The largest absolute Gasteiger partial charge is 0.304 e. The molecule has 2 rings (SSSR count). The van der Waals surface area contributed by atoms with Gasteiger partial charge in [0.15, 0.2) is 0 Å². The predicted octanol–water partition coefficient (Wildman–Crippen LogP) is 2.94. The lowest BCUT2D eigenvalue weighted by molar-refractivity contribution is 0.503. The lowest BCUT2D eigenvalue weighted by Gasteiger charge is -2.20. The molecule has 0 spiro atoms. The van der Waals surface area contributed by atoms with Crippen LogP contribution >= 0.6 is 11.6 Å². The van der Waals surface area contributed by atoms with Crippen molar-refractivity contribution in [2.45, 2.75) is 46.2 Å². The Morgan fingerprint density at radius 2 is 2.10 bits per heavy atom. The maximum Gasteiger partial charge on any atom is 0.0934 e. The highest BCUT2D eigenvalue weighted by molar-refractivity contribution is 6.31. The minimum absolute atomic E-state index is 0.0118. The summed E-state index contributed by atoms with van der Waals surface area (Å²) < 4.78 is 3.89. The second-order valence-corrected chi connectivity index (χ2v) is 5.53. The van der Waals surface area contributed by atoms with Gasteiger partial charge in [-0.15, -0.1) is 0 Å². The molecule has 2 heterocycles. The highest BCUT2D eigenvalue weighted by Crippen LogP contribution is 2.28. The maximum absolute atomic E-state index is 6.39.